The van der Waals surface area contributed by atoms with Crippen LogP contribution in [0.25, 0.3) is 0 Å². The van der Waals surface area contributed by atoms with E-state index in [4.69, 9.17) is 4.74 Å². The third-order valence-electron chi connectivity index (χ3n) is 5.29. The highest BCUT2D eigenvalue weighted by Gasteiger charge is 2.35. The summed E-state index contributed by atoms with van der Waals surface area (Å²) in [7, 11) is -3.16. The molecule has 0 aliphatic carbocycles. The van der Waals surface area contributed by atoms with Gasteiger partial charge in [-0.05, 0) is 18.4 Å². The number of benzene rings is 2. The predicted molar refractivity (Wildman–Crippen MR) is 120 cm³/mol. The Bertz CT molecular complexity index is 1090. The maximum absolute atomic E-state index is 12.8. The van der Waals surface area contributed by atoms with Crippen LogP contribution in [0.3, 0.4) is 0 Å². The molecule has 0 spiro atoms. The van der Waals surface area contributed by atoms with E-state index in [1.807, 2.05) is 13.8 Å². The molecule has 0 unspecified atom stereocenters. The molecule has 3 rings (SSSR count). The van der Waals surface area contributed by atoms with E-state index in [1.54, 1.807) is 48.5 Å². The molecule has 170 valence electrons. The lowest BCUT2D eigenvalue weighted by atomic mass is 9.98. The number of rotatable bonds is 8. The summed E-state index contributed by atoms with van der Waals surface area (Å²) < 4.78 is 29.0. The molecule has 0 bridgehead atoms. The van der Waals surface area contributed by atoms with Gasteiger partial charge in [0, 0.05) is 23.7 Å². The molecular weight excluding hydrogens is 430 g/mol. The molecule has 0 radical (unpaired) electrons. The van der Waals surface area contributed by atoms with E-state index in [1.165, 1.54) is 11.0 Å². The first kappa shape index (κ1) is 23.7. The van der Waals surface area contributed by atoms with Gasteiger partial charge in [0.2, 0.25) is 0 Å². The summed E-state index contributed by atoms with van der Waals surface area (Å²) in [5.41, 5.74) is 0.708. The van der Waals surface area contributed by atoms with E-state index in [2.05, 4.69) is 0 Å². The standard InChI is InChI=1S/C24H27NO6S/c1-17(2)14-25(19-12-13-32(29,30)16-19)22(26)15-31-24(28)21-11-7-6-10-20(21)23(27)18-8-4-3-5-9-18/h3-11,17,19H,12-16H2,1-2H3/t19-/m1/s1. The van der Waals surface area contributed by atoms with E-state index < -0.39 is 34.4 Å². The molecule has 7 nitrogen and oxygen atoms in total. The first-order valence-electron chi connectivity index (χ1n) is 10.5. The molecule has 32 heavy (non-hydrogen) atoms. The molecule has 8 heteroatoms. The number of ketones is 1. The van der Waals surface area contributed by atoms with E-state index >= 15 is 0 Å². The summed E-state index contributed by atoms with van der Waals surface area (Å²) in [5, 5.41) is 0. The van der Waals surface area contributed by atoms with Crippen LogP contribution < -0.4 is 0 Å². The Morgan fingerprint density at radius 1 is 1.00 bits per heavy atom. The Kier molecular flexibility index (Phi) is 7.45. The Hall–Kier alpha value is -3.00. The molecule has 0 saturated carbocycles. The van der Waals surface area contributed by atoms with Crippen molar-refractivity contribution in [2.45, 2.75) is 26.3 Å². The summed E-state index contributed by atoms with van der Waals surface area (Å²) in [4.78, 5) is 39.9. The maximum Gasteiger partial charge on any atom is 0.339 e. The number of hydrogen-bond acceptors (Lipinski definition) is 6. The lowest BCUT2D eigenvalue weighted by molar-refractivity contribution is -0.137. The minimum Gasteiger partial charge on any atom is -0.452 e. The van der Waals surface area contributed by atoms with Crippen molar-refractivity contribution >= 4 is 27.5 Å². The quantitative estimate of drug-likeness (QED) is 0.447. The Balaban J connectivity index is 1.72. The zero-order valence-corrected chi connectivity index (χ0v) is 19.0. The molecular formula is C24H27NO6S. The van der Waals surface area contributed by atoms with Crippen LogP contribution in [0.2, 0.25) is 0 Å². The molecule has 2 aromatic carbocycles. The average molecular weight is 458 g/mol. The van der Waals surface area contributed by atoms with Crippen LogP contribution in [0, 0.1) is 5.92 Å². The van der Waals surface area contributed by atoms with Crippen molar-refractivity contribution in [1.29, 1.82) is 0 Å². The number of carbonyl (C=O) groups excluding carboxylic acids is 3. The second-order valence-corrected chi connectivity index (χ2v) is 10.5. The third-order valence-corrected chi connectivity index (χ3v) is 7.04. The van der Waals surface area contributed by atoms with Crippen molar-refractivity contribution in [3.8, 4) is 0 Å². The Morgan fingerprint density at radius 2 is 1.62 bits per heavy atom. The highest BCUT2D eigenvalue weighted by atomic mass is 32.2. The van der Waals surface area contributed by atoms with Crippen molar-refractivity contribution in [2.75, 3.05) is 24.7 Å². The second kappa shape index (κ2) is 10.1. The summed E-state index contributed by atoms with van der Waals surface area (Å²) in [6.07, 6.45) is 0.378. The van der Waals surface area contributed by atoms with Crippen molar-refractivity contribution in [3.05, 3.63) is 71.3 Å². The lowest BCUT2D eigenvalue weighted by Gasteiger charge is -2.29. The summed E-state index contributed by atoms with van der Waals surface area (Å²) in [6, 6.07) is 14.5. The van der Waals surface area contributed by atoms with Gasteiger partial charge < -0.3 is 9.64 Å². The molecule has 2 aromatic rings. The fourth-order valence-corrected chi connectivity index (χ4v) is 5.49. The Morgan fingerprint density at radius 3 is 2.22 bits per heavy atom. The van der Waals surface area contributed by atoms with Crippen LogP contribution in [0.4, 0.5) is 0 Å². The number of ether oxygens (including phenoxy) is 1. The largest absolute Gasteiger partial charge is 0.452 e. The molecule has 1 aliphatic heterocycles. The van der Waals surface area contributed by atoms with Crippen LogP contribution in [0.15, 0.2) is 54.6 Å². The van der Waals surface area contributed by atoms with Gasteiger partial charge in [-0.15, -0.1) is 0 Å². The minimum atomic E-state index is -3.16. The zero-order chi connectivity index (χ0) is 23.3. The number of hydrogen-bond donors (Lipinski definition) is 0. The van der Waals surface area contributed by atoms with E-state index in [9.17, 15) is 22.8 Å². The average Bonchev–Trinajstić information content (AvgIpc) is 3.14. The number of esters is 1. The third kappa shape index (κ3) is 5.82. The van der Waals surface area contributed by atoms with Crippen LogP contribution in [0.1, 0.15) is 46.5 Å². The van der Waals surface area contributed by atoms with Gasteiger partial charge in [-0.2, -0.15) is 0 Å². The van der Waals surface area contributed by atoms with E-state index in [0.717, 1.165) is 0 Å². The molecule has 1 saturated heterocycles. The van der Waals surface area contributed by atoms with Crippen molar-refractivity contribution in [1.82, 2.24) is 4.90 Å². The molecule has 1 fully saturated rings. The second-order valence-electron chi connectivity index (χ2n) is 8.31. The summed E-state index contributed by atoms with van der Waals surface area (Å²) >= 11 is 0. The summed E-state index contributed by atoms with van der Waals surface area (Å²) in [5.74, 6) is -1.44. The van der Waals surface area contributed by atoms with Crippen LogP contribution in [-0.4, -0.2) is 61.7 Å². The minimum absolute atomic E-state index is 0.0499. The van der Waals surface area contributed by atoms with E-state index in [-0.39, 0.29) is 34.3 Å². The van der Waals surface area contributed by atoms with Gasteiger partial charge in [0.15, 0.2) is 22.2 Å². The van der Waals surface area contributed by atoms with Crippen LogP contribution >= 0.6 is 0 Å². The highest BCUT2D eigenvalue weighted by Crippen LogP contribution is 2.20. The summed E-state index contributed by atoms with van der Waals surface area (Å²) in [6.45, 7) is 3.72. The van der Waals surface area contributed by atoms with Gasteiger partial charge in [0.1, 0.15) is 0 Å². The van der Waals surface area contributed by atoms with Crippen molar-refractivity contribution in [2.24, 2.45) is 5.92 Å². The fourth-order valence-electron chi connectivity index (χ4n) is 3.76. The molecule has 1 aliphatic rings. The SMILES string of the molecule is CC(C)CN(C(=O)COC(=O)c1ccccc1C(=O)c1ccccc1)[C@@H]1CCS(=O)(=O)C1. The molecule has 1 amide bonds. The maximum atomic E-state index is 12.8. The van der Waals surface area contributed by atoms with Crippen molar-refractivity contribution < 1.29 is 27.5 Å². The fraction of sp³-hybridized carbons (Fsp3) is 0.375. The molecule has 1 atom stereocenters. The smallest absolute Gasteiger partial charge is 0.339 e. The first-order valence-corrected chi connectivity index (χ1v) is 12.4. The number of nitrogens with zero attached hydrogens (tertiary/aromatic N) is 1. The molecule has 0 aromatic heterocycles. The Labute approximate surface area is 188 Å². The van der Waals surface area contributed by atoms with Gasteiger partial charge in [0.25, 0.3) is 5.91 Å². The van der Waals surface area contributed by atoms with Gasteiger partial charge in [-0.1, -0.05) is 62.4 Å². The first-order chi connectivity index (χ1) is 15.2. The topological polar surface area (TPSA) is 97.8 Å². The predicted octanol–water partition coefficient (Wildman–Crippen LogP) is 2.75. The van der Waals surface area contributed by atoms with Gasteiger partial charge >= 0.3 is 5.97 Å². The van der Waals surface area contributed by atoms with Gasteiger partial charge in [-0.25, -0.2) is 13.2 Å². The van der Waals surface area contributed by atoms with Gasteiger partial charge in [0.05, 0.1) is 17.1 Å². The normalized spacial score (nSPS) is 17.2. The highest BCUT2D eigenvalue weighted by molar-refractivity contribution is 7.91. The van der Waals surface area contributed by atoms with Crippen LogP contribution in [-0.2, 0) is 19.4 Å². The van der Waals surface area contributed by atoms with E-state index in [0.29, 0.717) is 18.5 Å². The van der Waals surface area contributed by atoms with Gasteiger partial charge in [-0.3, -0.25) is 9.59 Å². The van der Waals surface area contributed by atoms with Crippen molar-refractivity contribution in [3.63, 3.8) is 0 Å². The number of carbonyl (C=O) groups is 3. The zero-order valence-electron chi connectivity index (χ0n) is 18.2. The monoisotopic (exact) mass is 457 g/mol. The lowest BCUT2D eigenvalue weighted by Crippen LogP contribution is -2.45. The number of amides is 1. The molecule has 0 N–H and O–H groups in total. The number of sulfone groups is 1. The van der Waals surface area contributed by atoms with Crippen LogP contribution in [0.5, 0.6) is 0 Å². The molecule has 1 heterocycles.